The molecule has 2 aromatic carbocycles. The number of benzene rings is 2. The molecule has 25 heavy (non-hydrogen) atoms. The van der Waals surface area contributed by atoms with Gasteiger partial charge in [-0.2, -0.15) is 0 Å². The van der Waals surface area contributed by atoms with Gasteiger partial charge in [-0.1, -0.05) is 60.2 Å². The Labute approximate surface area is 152 Å². The Balaban J connectivity index is 1.74. The van der Waals surface area contributed by atoms with Crippen LogP contribution in [-0.4, -0.2) is 18.8 Å². The second-order valence-corrected chi connectivity index (χ2v) is 7.82. The van der Waals surface area contributed by atoms with E-state index in [2.05, 4.69) is 80.7 Å². The highest BCUT2D eigenvalue weighted by atomic mass is 16.5. The summed E-state index contributed by atoms with van der Waals surface area (Å²) in [6.45, 7) is 9.48. The second-order valence-electron chi connectivity index (χ2n) is 7.82. The van der Waals surface area contributed by atoms with E-state index in [9.17, 15) is 0 Å². The minimum absolute atomic E-state index is 0.0721. The molecule has 1 heterocycles. The van der Waals surface area contributed by atoms with E-state index in [4.69, 9.17) is 4.74 Å². The molecule has 2 nitrogen and oxygen atoms in total. The maximum absolute atomic E-state index is 6.25. The molecule has 1 aliphatic rings. The van der Waals surface area contributed by atoms with Crippen LogP contribution in [0.5, 0.6) is 0 Å². The lowest BCUT2D eigenvalue weighted by Gasteiger charge is -2.50. The Morgan fingerprint density at radius 2 is 1.72 bits per heavy atom. The third kappa shape index (κ3) is 3.96. The molecule has 2 heteroatoms. The Morgan fingerprint density at radius 3 is 2.40 bits per heavy atom. The minimum atomic E-state index is -0.144. The maximum Gasteiger partial charge on any atom is 0.0723 e. The van der Waals surface area contributed by atoms with Gasteiger partial charge in [-0.15, -0.1) is 0 Å². The molecule has 0 radical (unpaired) electrons. The number of aryl methyl sites for hydroxylation is 1. The molecule has 3 rings (SSSR count). The quantitative estimate of drug-likeness (QED) is 0.749. The standard InChI is InChI=1S/C23H31NO/c1-19-10-12-21(13-11-19)23(14-7-17-25-22(23,2)3)15-16-24-18-20-8-5-4-6-9-20/h4-6,8-13,24H,7,14-18H2,1-3H3. The predicted molar refractivity (Wildman–Crippen MR) is 105 cm³/mol. The smallest absolute Gasteiger partial charge is 0.0723 e. The third-order valence-corrected chi connectivity index (χ3v) is 5.87. The van der Waals surface area contributed by atoms with Crippen LogP contribution in [0.4, 0.5) is 0 Å². The molecular weight excluding hydrogens is 306 g/mol. The fraction of sp³-hybridized carbons (Fsp3) is 0.478. The van der Waals surface area contributed by atoms with Crippen molar-refractivity contribution in [3.63, 3.8) is 0 Å². The second kappa shape index (κ2) is 7.72. The summed E-state index contributed by atoms with van der Waals surface area (Å²) in [4.78, 5) is 0. The summed E-state index contributed by atoms with van der Waals surface area (Å²) in [5.41, 5.74) is 4.00. The highest BCUT2D eigenvalue weighted by Gasteiger charge is 2.48. The van der Waals surface area contributed by atoms with E-state index in [1.807, 2.05) is 0 Å². The van der Waals surface area contributed by atoms with Crippen molar-refractivity contribution in [1.82, 2.24) is 5.32 Å². The molecule has 0 amide bonds. The first-order valence-corrected chi connectivity index (χ1v) is 9.49. The van der Waals surface area contributed by atoms with Crippen LogP contribution >= 0.6 is 0 Å². The van der Waals surface area contributed by atoms with E-state index in [0.29, 0.717) is 0 Å². The molecular formula is C23H31NO. The lowest BCUT2D eigenvalue weighted by molar-refractivity contribution is -0.114. The average molecular weight is 338 g/mol. The SMILES string of the molecule is Cc1ccc(C2(CCNCc3ccccc3)CCCOC2(C)C)cc1. The lowest BCUT2D eigenvalue weighted by atomic mass is 9.62. The molecule has 1 unspecified atom stereocenters. The molecule has 0 aliphatic carbocycles. The van der Waals surface area contributed by atoms with Crippen LogP contribution in [0.3, 0.4) is 0 Å². The van der Waals surface area contributed by atoms with Crippen molar-refractivity contribution >= 4 is 0 Å². The first kappa shape index (κ1) is 18.2. The largest absolute Gasteiger partial charge is 0.375 e. The number of hydrogen-bond donors (Lipinski definition) is 1. The molecule has 0 spiro atoms. The molecule has 0 saturated carbocycles. The fourth-order valence-electron chi connectivity index (χ4n) is 4.21. The van der Waals surface area contributed by atoms with Gasteiger partial charge in [0.25, 0.3) is 0 Å². The summed E-state index contributed by atoms with van der Waals surface area (Å²) in [6.07, 6.45) is 3.42. The first-order chi connectivity index (χ1) is 12.0. The zero-order chi connectivity index (χ0) is 17.8. The predicted octanol–water partition coefficient (Wildman–Crippen LogP) is 5.00. The van der Waals surface area contributed by atoms with Crippen LogP contribution in [0.1, 0.15) is 49.8 Å². The number of nitrogens with one attached hydrogen (secondary N) is 1. The molecule has 0 bridgehead atoms. The highest BCUT2D eigenvalue weighted by molar-refractivity contribution is 5.32. The molecule has 1 aliphatic heterocycles. The molecule has 1 saturated heterocycles. The zero-order valence-electron chi connectivity index (χ0n) is 15.8. The highest BCUT2D eigenvalue weighted by Crippen LogP contribution is 2.47. The van der Waals surface area contributed by atoms with Crippen molar-refractivity contribution in [2.75, 3.05) is 13.2 Å². The van der Waals surface area contributed by atoms with E-state index < -0.39 is 0 Å². The van der Waals surface area contributed by atoms with Crippen LogP contribution < -0.4 is 5.32 Å². The molecule has 2 aromatic rings. The summed E-state index contributed by atoms with van der Waals surface area (Å²) < 4.78 is 6.25. The Bertz CT molecular complexity index is 662. The number of rotatable bonds is 6. The zero-order valence-corrected chi connectivity index (χ0v) is 15.8. The Kier molecular flexibility index (Phi) is 5.61. The summed E-state index contributed by atoms with van der Waals surface area (Å²) >= 11 is 0. The van der Waals surface area contributed by atoms with E-state index in [1.54, 1.807) is 0 Å². The maximum atomic E-state index is 6.25. The van der Waals surface area contributed by atoms with E-state index >= 15 is 0 Å². The van der Waals surface area contributed by atoms with Gasteiger partial charge in [0.05, 0.1) is 5.60 Å². The summed E-state index contributed by atoms with van der Waals surface area (Å²) in [7, 11) is 0. The van der Waals surface area contributed by atoms with Crippen molar-refractivity contribution in [3.8, 4) is 0 Å². The van der Waals surface area contributed by atoms with Crippen LogP contribution in [0.2, 0.25) is 0 Å². The van der Waals surface area contributed by atoms with Gasteiger partial charge in [-0.05, 0) is 57.7 Å². The van der Waals surface area contributed by atoms with Gasteiger partial charge in [-0.3, -0.25) is 0 Å². The van der Waals surface area contributed by atoms with Crippen molar-refractivity contribution in [2.45, 2.75) is 57.6 Å². The molecule has 1 N–H and O–H groups in total. The summed E-state index contributed by atoms with van der Waals surface area (Å²) in [5.74, 6) is 0. The van der Waals surface area contributed by atoms with Crippen LogP contribution in [0, 0.1) is 6.92 Å². The first-order valence-electron chi connectivity index (χ1n) is 9.49. The van der Waals surface area contributed by atoms with Gasteiger partial charge in [0, 0.05) is 18.6 Å². The molecule has 1 atom stereocenters. The number of ether oxygens (including phenoxy) is 1. The van der Waals surface area contributed by atoms with Crippen molar-refractivity contribution in [3.05, 3.63) is 71.3 Å². The topological polar surface area (TPSA) is 21.3 Å². The van der Waals surface area contributed by atoms with E-state index in [1.165, 1.54) is 23.1 Å². The lowest BCUT2D eigenvalue weighted by Crippen LogP contribution is -2.53. The molecule has 1 fully saturated rings. The van der Waals surface area contributed by atoms with Gasteiger partial charge in [0.1, 0.15) is 0 Å². The van der Waals surface area contributed by atoms with Gasteiger partial charge in [-0.25, -0.2) is 0 Å². The molecule has 0 aromatic heterocycles. The van der Waals surface area contributed by atoms with Crippen LogP contribution in [0.15, 0.2) is 54.6 Å². The Hall–Kier alpha value is -1.64. The summed E-state index contributed by atoms with van der Waals surface area (Å²) in [5, 5.41) is 3.64. The van der Waals surface area contributed by atoms with E-state index in [0.717, 1.165) is 32.5 Å². The number of hydrogen-bond acceptors (Lipinski definition) is 2. The average Bonchev–Trinajstić information content (AvgIpc) is 2.61. The van der Waals surface area contributed by atoms with Crippen molar-refractivity contribution in [2.24, 2.45) is 0 Å². The van der Waals surface area contributed by atoms with E-state index in [-0.39, 0.29) is 11.0 Å². The van der Waals surface area contributed by atoms with Crippen LogP contribution in [-0.2, 0) is 16.7 Å². The van der Waals surface area contributed by atoms with Crippen molar-refractivity contribution in [1.29, 1.82) is 0 Å². The van der Waals surface area contributed by atoms with Gasteiger partial charge < -0.3 is 10.1 Å². The van der Waals surface area contributed by atoms with Gasteiger partial charge in [0.15, 0.2) is 0 Å². The normalized spacial score (nSPS) is 22.7. The Morgan fingerprint density at radius 1 is 1.00 bits per heavy atom. The van der Waals surface area contributed by atoms with Gasteiger partial charge >= 0.3 is 0 Å². The monoisotopic (exact) mass is 337 g/mol. The third-order valence-electron chi connectivity index (χ3n) is 5.87. The summed E-state index contributed by atoms with van der Waals surface area (Å²) in [6, 6.07) is 19.7. The van der Waals surface area contributed by atoms with Crippen LogP contribution in [0.25, 0.3) is 0 Å². The molecule has 134 valence electrons. The van der Waals surface area contributed by atoms with Gasteiger partial charge in [0.2, 0.25) is 0 Å². The van der Waals surface area contributed by atoms with Crippen molar-refractivity contribution < 1.29 is 4.74 Å². The minimum Gasteiger partial charge on any atom is -0.375 e. The fourth-order valence-corrected chi connectivity index (χ4v) is 4.21.